The SMILES string of the molecule is C=CCOC(CC1CC1)N(C)CC. The van der Waals surface area contributed by atoms with Crippen molar-refractivity contribution < 1.29 is 4.74 Å². The smallest absolute Gasteiger partial charge is 0.111 e. The van der Waals surface area contributed by atoms with Gasteiger partial charge in [-0.2, -0.15) is 0 Å². The number of rotatable bonds is 7. The first kappa shape index (κ1) is 10.7. The van der Waals surface area contributed by atoms with Crippen LogP contribution in [0.1, 0.15) is 26.2 Å². The molecule has 1 aliphatic rings. The average Bonchev–Trinajstić information content (AvgIpc) is 2.94. The maximum absolute atomic E-state index is 5.70. The van der Waals surface area contributed by atoms with Gasteiger partial charge in [0.25, 0.3) is 0 Å². The number of ether oxygens (including phenoxy) is 1. The van der Waals surface area contributed by atoms with Crippen molar-refractivity contribution in [1.82, 2.24) is 4.90 Å². The molecule has 1 atom stereocenters. The first-order chi connectivity index (χ1) is 6.27. The van der Waals surface area contributed by atoms with Gasteiger partial charge in [0, 0.05) is 0 Å². The average molecular weight is 183 g/mol. The molecule has 0 spiro atoms. The van der Waals surface area contributed by atoms with Crippen LogP contribution < -0.4 is 0 Å². The van der Waals surface area contributed by atoms with Crippen molar-refractivity contribution in [1.29, 1.82) is 0 Å². The second kappa shape index (κ2) is 5.40. The van der Waals surface area contributed by atoms with Crippen molar-refractivity contribution in [2.45, 2.75) is 32.4 Å². The van der Waals surface area contributed by atoms with Gasteiger partial charge in [-0.25, -0.2) is 0 Å². The molecule has 13 heavy (non-hydrogen) atoms. The molecule has 0 radical (unpaired) electrons. The Morgan fingerprint density at radius 3 is 2.77 bits per heavy atom. The van der Waals surface area contributed by atoms with Crippen LogP contribution in [0.15, 0.2) is 12.7 Å². The molecule has 2 heteroatoms. The van der Waals surface area contributed by atoms with E-state index < -0.39 is 0 Å². The summed E-state index contributed by atoms with van der Waals surface area (Å²) in [5, 5.41) is 0. The van der Waals surface area contributed by atoms with Gasteiger partial charge in [-0.05, 0) is 25.9 Å². The third-order valence-corrected chi connectivity index (χ3v) is 2.63. The fraction of sp³-hybridized carbons (Fsp3) is 0.818. The minimum absolute atomic E-state index is 0.301. The monoisotopic (exact) mass is 183 g/mol. The Bertz CT molecular complexity index is 154. The minimum Gasteiger partial charge on any atom is -0.359 e. The molecule has 0 bridgehead atoms. The van der Waals surface area contributed by atoms with Gasteiger partial charge >= 0.3 is 0 Å². The van der Waals surface area contributed by atoms with Crippen molar-refractivity contribution >= 4 is 0 Å². The zero-order chi connectivity index (χ0) is 9.68. The van der Waals surface area contributed by atoms with Crippen LogP contribution in [0.5, 0.6) is 0 Å². The van der Waals surface area contributed by atoms with Gasteiger partial charge in [0.1, 0.15) is 6.23 Å². The predicted molar refractivity (Wildman–Crippen MR) is 55.6 cm³/mol. The molecule has 0 aromatic carbocycles. The lowest BCUT2D eigenvalue weighted by atomic mass is 10.2. The third kappa shape index (κ3) is 3.92. The van der Waals surface area contributed by atoms with Crippen LogP contribution in [0.4, 0.5) is 0 Å². The van der Waals surface area contributed by atoms with Crippen LogP contribution in [0.25, 0.3) is 0 Å². The minimum atomic E-state index is 0.301. The second-order valence-electron chi connectivity index (χ2n) is 3.83. The Morgan fingerprint density at radius 1 is 1.62 bits per heavy atom. The molecule has 1 rings (SSSR count). The summed E-state index contributed by atoms with van der Waals surface area (Å²) < 4.78 is 5.70. The van der Waals surface area contributed by atoms with Crippen molar-refractivity contribution in [2.24, 2.45) is 5.92 Å². The van der Waals surface area contributed by atoms with Gasteiger partial charge in [0.15, 0.2) is 0 Å². The van der Waals surface area contributed by atoms with Crippen LogP contribution in [-0.2, 0) is 4.74 Å². The zero-order valence-electron chi connectivity index (χ0n) is 8.83. The molecule has 0 saturated heterocycles. The van der Waals surface area contributed by atoms with E-state index in [0.717, 1.165) is 12.5 Å². The topological polar surface area (TPSA) is 12.5 Å². The summed E-state index contributed by atoms with van der Waals surface area (Å²) in [7, 11) is 2.12. The maximum atomic E-state index is 5.70. The molecular formula is C11H21NO. The highest BCUT2D eigenvalue weighted by atomic mass is 16.5. The highest BCUT2D eigenvalue weighted by Crippen LogP contribution is 2.34. The Labute approximate surface area is 81.6 Å². The summed E-state index contributed by atoms with van der Waals surface area (Å²) in [5.41, 5.74) is 0. The standard InChI is InChI=1S/C11H21NO/c1-4-8-13-11(12(3)5-2)9-10-6-7-10/h4,10-11H,1,5-9H2,2-3H3. The second-order valence-corrected chi connectivity index (χ2v) is 3.83. The summed E-state index contributed by atoms with van der Waals surface area (Å²) in [6, 6.07) is 0. The van der Waals surface area contributed by atoms with Gasteiger partial charge in [0.2, 0.25) is 0 Å². The zero-order valence-corrected chi connectivity index (χ0v) is 8.83. The van der Waals surface area contributed by atoms with Crippen molar-refractivity contribution in [3.8, 4) is 0 Å². The van der Waals surface area contributed by atoms with E-state index in [1.54, 1.807) is 0 Å². The third-order valence-electron chi connectivity index (χ3n) is 2.63. The summed E-state index contributed by atoms with van der Waals surface area (Å²) in [6.45, 7) is 7.55. The van der Waals surface area contributed by atoms with E-state index in [0.29, 0.717) is 12.8 Å². The molecule has 0 aromatic heterocycles. The van der Waals surface area contributed by atoms with E-state index in [1.165, 1.54) is 19.3 Å². The molecule has 2 nitrogen and oxygen atoms in total. The van der Waals surface area contributed by atoms with Crippen LogP contribution in [-0.4, -0.2) is 31.3 Å². The molecule has 76 valence electrons. The number of hydrogen-bond acceptors (Lipinski definition) is 2. The van der Waals surface area contributed by atoms with Gasteiger partial charge < -0.3 is 4.74 Å². The number of hydrogen-bond donors (Lipinski definition) is 0. The highest BCUT2D eigenvalue weighted by molar-refractivity contribution is 4.77. The van der Waals surface area contributed by atoms with Gasteiger partial charge in [0.05, 0.1) is 6.61 Å². The van der Waals surface area contributed by atoms with Crippen LogP contribution in [0, 0.1) is 5.92 Å². The van der Waals surface area contributed by atoms with Crippen molar-refractivity contribution in [3.05, 3.63) is 12.7 Å². The van der Waals surface area contributed by atoms with E-state index in [1.807, 2.05) is 6.08 Å². The normalized spacial score (nSPS) is 19.0. The summed E-state index contributed by atoms with van der Waals surface area (Å²) >= 11 is 0. The molecule has 1 fully saturated rings. The molecule has 1 unspecified atom stereocenters. The Morgan fingerprint density at radius 2 is 2.31 bits per heavy atom. The maximum Gasteiger partial charge on any atom is 0.111 e. The summed E-state index contributed by atoms with van der Waals surface area (Å²) in [6.07, 6.45) is 6.11. The highest BCUT2D eigenvalue weighted by Gasteiger charge is 2.27. The lowest BCUT2D eigenvalue weighted by Crippen LogP contribution is -2.34. The quantitative estimate of drug-likeness (QED) is 0.443. The molecule has 1 aliphatic carbocycles. The lowest BCUT2D eigenvalue weighted by molar-refractivity contribution is -0.0410. The Kier molecular flexibility index (Phi) is 4.46. The van der Waals surface area contributed by atoms with Crippen molar-refractivity contribution in [3.63, 3.8) is 0 Å². The van der Waals surface area contributed by atoms with E-state index in [-0.39, 0.29) is 0 Å². The van der Waals surface area contributed by atoms with Crippen LogP contribution >= 0.6 is 0 Å². The van der Waals surface area contributed by atoms with E-state index in [2.05, 4.69) is 25.5 Å². The molecule has 0 N–H and O–H groups in total. The fourth-order valence-electron chi connectivity index (χ4n) is 1.40. The van der Waals surface area contributed by atoms with E-state index in [4.69, 9.17) is 4.74 Å². The Hall–Kier alpha value is -0.340. The number of nitrogens with zero attached hydrogens (tertiary/aromatic N) is 1. The molecule has 0 aromatic rings. The lowest BCUT2D eigenvalue weighted by Gasteiger charge is -2.26. The van der Waals surface area contributed by atoms with E-state index in [9.17, 15) is 0 Å². The van der Waals surface area contributed by atoms with Crippen molar-refractivity contribution in [2.75, 3.05) is 20.2 Å². The van der Waals surface area contributed by atoms with Crippen LogP contribution in [0.2, 0.25) is 0 Å². The first-order valence-corrected chi connectivity index (χ1v) is 5.20. The predicted octanol–water partition coefficient (Wildman–Crippen LogP) is 2.27. The summed E-state index contributed by atoms with van der Waals surface area (Å²) in [5.74, 6) is 0.920. The molecular weight excluding hydrogens is 162 g/mol. The molecule has 0 aliphatic heterocycles. The fourth-order valence-corrected chi connectivity index (χ4v) is 1.40. The molecule has 1 saturated carbocycles. The van der Waals surface area contributed by atoms with Crippen LogP contribution in [0.3, 0.4) is 0 Å². The molecule has 0 heterocycles. The van der Waals surface area contributed by atoms with E-state index >= 15 is 0 Å². The largest absolute Gasteiger partial charge is 0.359 e. The summed E-state index contributed by atoms with van der Waals surface area (Å²) in [4.78, 5) is 2.27. The first-order valence-electron chi connectivity index (χ1n) is 5.20. The van der Waals surface area contributed by atoms with Gasteiger partial charge in [-0.15, -0.1) is 6.58 Å². The Balaban J connectivity index is 2.27. The van der Waals surface area contributed by atoms with Gasteiger partial charge in [-0.1, -0.05) is 25.8 Å². The van der Waals surface area contributed by atoms with Gasteiger partial charge in [-0.3, -0.25) is 4.90 Å². The molecule has 0 amide bonds.